The highest BCUT2D eigenvalue weighted by molar-refractivity contribution is 5.79. The number of aliphatic hydroxyl groups is 1. The molecule has 0 radical (unpaired) electrons. The first-order chi connectivity index (χ1) is 13.0. The summed E-state index contributed by atoms with van der Waals surface area (Å²) >= 11 is 0. The molecular weight excluding hydrogens is 340 g/mol. The van der Waals surface area contributed by atoms with Crippen LogP contribution in [0.5, 0.6) is 11.5 Å². The number of rotatable bonds is 8. The number of benzene rings is 1. The molecule has 1 aromatic rings. The van der Waals surface area contributed by atoms with E-state index in [0.29, 0.717) is 24.5 Å². The highest BCUT2D eigenvalue weighted by Gasteiger charge is 2.23. The molecule has 3 atom stereocenters. The van der Waals surface area contributed by atoms with Gasteiger partial charge in [-0.3, -0.25) is 4.79 Å². The lowest BCUT2D eigenvalue weighted by atomic mass is 9.84. The van der Waals surface area contributed by atoms with Crippen LogP contribution in [0.3, 0.4) is 0 Å². The van der Waals surface area contributed by atoms with Gasteiger partial charge in [0.2, 0.25) is 0 Å². The maximum atomic E-state index is 12.3. The Morgan fingerprint density at radius 2 is 1.96 bits per heavy atom. The molecule has 4 heteroatoms. The van der Waals surface area contributed by atoms with Gasteiger partial charge in [0.25, 0.3) is 0 Å². The molecule has 0 aromatic heterocycles. The molecule has 0 saturated heterocycles. The molecule has 4 nitrogen and oxygen atoms in total. The first-order valence-electron chi connectivity index (χ1n) is 10.4. The maximum Gasteiger partial charge on any atom is 0.161 e. The Balaban J connectivity index is 1.48. The lowest BCUT2D eigenvalue weighted by Crippen LogP contribution is -2.24. The van der Waals surface area contributed by atoms with Crippen LogP contribution in [0.25, 0.3) is 0 Å². The number of hydrogen-bond acceptors (Lipinski definition) is 4. The molecule has 3 rings (SSSR count). The van der Waals surface area contributed by atoms with Crippen LogP contribution in [0.2, 0.25) is 0 Å². The first-order valence-corrected chi connectivity index (χ1v) is 10.4. The third kappa shape index (κ3) is 5.83. The number of ketones is 1. The summed E-state index contributed by atoms with van der Waals surface area (Å²) in [4.78, 5) is 12.3. The summed E-state index contributed by atoms with van der Waals surface area (Å²) in [6, 6.07) is 5.33. The summed E-state index contributed by atoms with van der Waals surface area (Å²) in [5.41, 5.74) is 0.982. The molecule has 1 saturated carbocycles. The molecule has 0 aliphatic heterocycles. The lowest BCUT2D eigenvalue weighted by molar-refractivity contribution is -0.121. The number of allylic oxidation sites excluding steroid dienone is 1. The number of ether oxygens (including phenoxy) is 1. The van der Waals surface area contributed by atoms with E-state index in [2.05, 4.69) is 19.1 Å². The molecular formula is C23H32O4. The molecule has 2 N–H and O–H groups in total. The summed E-state index contributed by atoms with van der Waals surface area (Å²) in [5, 5.41) is 20.4. The van der Waals surface area contributed by atoms with Crippen LogP contribution in [0.1, 0.15) is 63.9 Å². The van der Waals surface area contributed by atoms with Crippen molar-refractivity contribution >= 4 is 5.78 Å². The van der Waals surface area contributed by atoms with E-state index < -0.39 is 6.10 Å². The van der Waals surface area contributed by atoms with E-state index in [0.717, 1.165) is 31.2 Å². The van der Waals surface area contributed by atoms with Crippen LogP contribution in [-0.2, 0) is 11.2 Å². The quantitative estimate of drug-likeness (QED) is 0.656. The summed E-state index contributed by atoms with van der Waals surface area (Å²) in [7, 11) is 0. The minimum Gasteiger partial charge on any atom is -0.504 e. The van der Waals surface area contributed by atoms with Crippen molar-refractivity contribution in [1.29, 1.82) is 0 Å². The maximum absolute atomic E-state index is 12.3. The molecule has 0 amide bonds. The van der Waals surface area contributed by atoms with Gasteiger partial charge in [-0.05, 0) is 68.6 Å². The first kappa shape index (κ1) is 19.9. The van der Waals surface area contributed by atoms with Crippen LogP contribution in [0, 0.1) is 11.8 Å². The van der Waals surface area contributed by atoms with Crippen molar-refractivity contribution in [3.8, 4) is 11.5 Å². The number of phenolic OH excluding ortho intramolecular Hbond substituents is 1. The molecule has 0 heterocycles. The topological polar surface area (TPSA) is 66.8 Å². The molecule has 1 aromatic carbocycles. The minimum atomic E-state index is -0.581. The second kappa shape index (κ2) is 9.41. The van der Waals surface area contributed by atoms with Gasteiger partial charge in [0.05, 0.1) is 12.2 Å². The number of carbonyl (C=O) groups excluding carboxylic acids is 1. The lowest BCUT2D eigenvalue weighted by Gasteiger charge is -2.24. The smallest absolute Gasteiger partial charge is 0.161 e. The average molecular weight is 373 g/mol. The summed E-state index contributed by atoms with van der Waals surface area (Å²) in [6.45, 7) is 2.17. The number of aliphatic hydroxyl groups excluding tert-OH is 1. The Bertz CT molecular complexity index is 660. The third-order valence-electron chi connectivity index (χ3n) is 5.89. The monoisotopic (exact) mass is 372 g/mol. The van der Waals surface area contributed by atoms with E-state index in [1.807, 2.05) is 12.1 Å². The second-order valence-corrected chi connectivity index (χ2v) is 8.24. The van der Waals surface area contributed by atoms with Gasteiger partial charge in [-0.25, -0.2) is 0 Å². The van der Waals surface area contributed by atoms with E-state index in [4.69, 9.17) is 4.74 Å². The van der Waals surface area contributed by atoms with Gasteiger partial charge in [0.15, 0.2) is 11.5 Å². The summed E-state index contributed by atoms with van der Waals surface area (Å²) in [6.07, 6.45) is 11.5. The van der Waals surface area contributed by atoms with Crippen molar-refractivity contribution in [2.24, 2.45) is 11.8 Å². The van der Waals surface area contributed by atoms with E-state index in [9.17, 15) is 15.0 Å². The van der Waals surface area contributed by atoms with Crippen molar-refractivity contribution < 1.29 is 19.7 Å². The Hall–Kier alpha value is -1.81. The highest BCUT2D eigenvalue weighted by Crippen LogP contribution is 2.32. The predicted molar refractivity (Wildman–Crippen MR) is 106 cm³/mol. The van der Waals surface area contributed by atoms with Gasteiger partial charge in [-0.1, -0.05) is 25.1 Å². The normalized spacial score (nSPS) is 24.1. The standard InChI is InChI=1S/C23H32O4/c1-16-6-10-18(11-7-16)22(26)15-19(24)12-8-17-9-13-21(25)23(14-17)27-20-4-2-3-5-20/h6,9-10,13-14,16,18,20,22,25-26H,2-5,7-8,11-12,15H2,1H3/t16-,18-,22-/m0/s1. The second-order valence-electron chi connectivity index (χ2n) is 8.24. The van der Waals surface area contributed by atoms with Crippen molar-refractivity contribution in [3.05, 3.63) is 35.9 Å². The van der Waals surface area contributed by atoms with Crippen LogP contribution >= 0.6 is 0 Å². The van der Waals surface area contributed by atoms with Crippen LogP contribution < -0.4 is 4.74 Å². The molecule has 1 fully saturated rings. The average Bonchev–Trinajstić information content (AvgIpc) is 3.16. The SMILES string of the molecule is C[C@H]1C=C[C@H]([C@@H](O)CC(=O)CCc2ccc(O)c(OC3CCCC3)c2)CC1. The fraction of sp³-hybridized carbons (Fsp3) is 0.609. The zero-order valence-electron chi connectivity index (χ0n) is 16.3. The van der Waals surface area contributed by atoms with Crippen molar-refractivity contribution in [1.82, 2.24) is 0 Å². The number of phenols is 1. The Labute approximate surface area is 162 Å². The number of aromatic hydroxyl groups is 1. The molecule has 0 unspecified atom stereocenters. The zero-order valence-corrected chi connectivity index (χ0v) is 16.3. The number of aryl methyl sites for hydroxylation is 1. The molecule has 2 aliphatic rings. The fourth-order valence-electron chi connectivity index (χ4n) is 4.07. The minimum absolute atomic E-state index is 0.0841. The largest absolute Gasteiger partial charge is 0.504 e. The van der Waals surface area contributed by atoms with Crippen molar-refractivity contribution in [2.75, 3.05) is 0 Å². The molecule has 148 valence electrons. The molecule has 0 spiro atoms. The van der Waals surface area contributed by atoms with Gasteiger partial charge in [-0.15, -0.1) is 0 Å². The van der Waals surface area contributed by atoms with E-state index in [1.165, 1.54) is 12.8 Å². The van der Waals surface area contributed by atoms with Gasteiger partial charge < -0.3 is 14.9 Å². The van der Waals surface area contributed by atoms with Gasteiger partial charge >= 0.3 is 0 Å². The Kier molecular flexibility index (Phi) is 6.95. The number of carbonyl (C=O) groups is 1. The van der Waals surface area contributed by atoms with Crippen molar-refractivity contribution in [2.45, 2.75) is 76.9 Å². The summed E-state index contributed by atoms with van der Waals surface area (Å²) < 4.78 is 5.92. The van der Waals surface area contributed by atoms with Crippen LogP contribution in [-0.4, -0.2) is 28.2 Å². The Morgan fingerprint density at radius 1 is 1.19 bits per heavy atom. The zero-order chi connectivity index (χ0) is 19.2. The van der Waals surface area contributed by atoms with E-state index >= 15 is 0 Å². The predicted octanol–water partition coefficient (Wildman–Crippen LogP) is 4.57. The highest BCUT2D eigenvalue weighted by atomic mass is 16.5. The van der Waals surface area contributed by atoms with Gasteiger partial charge in [-0.2, -0.15) is 0 Å². The third-order valence-corrected chi connectivity index (χ3v) is 5.89. The van der Waals surface area contributed by atoms with E-state index in [-0.39, 0.29) is 30.0 Å². The van der Waals surface area contributed by atoms with Gasteiger partial charge in [0.1, 0.15) is 5.78 Å². The molecule has 0 bridgehead atoms. The Morgan fingerprint density at radius 3 is 2.67 bits per heavy atom. The summed E-state index contributed by atoms with van der Waals surface area (Å²) in [5.74, 6) is 1.43. The fourth-order valence-corrected chi connectivity index (χ4v) is 4.07. The van der Waals surface area contributed by atoms with Crippen LogP contribution in [0.15, 0.2) is 30.4 Å². The molecule has 27 heavy (non-hydrogen) atoms. The number of hydrogen-bond donors (Lipinski definition) is 2. The van der Waals surface area contributed by atoms with Crippen LogP contribution in [0.4, 0.5) is 0 Å². The number of Topliss-reactive ketones (excluding diaryl/α,β-unsaturated/α-hetero) is 1. The van der Waals surface area contributed by atoms with Crippen molar-refractivity contribution in [3.63, 3.8) is 0 Å². The molecule has 2 aliphatic carbocycles. The van der Waals surface area contributed by atoms with E-state index in [1.54, 1.807) is 6.07 Å². The van der Waals surface area contributed by atoms with Gasteiger partial charge in [0, 0.05) is 18.8 Å².